The first-order valence-corrected chi connectivity index (χ1v) is 40.1. The molecular formula is C114H86N2. The zero-order valence-electron chi connectivity index (χ0n) is 64.8. The quantitative estimate of drug-likeness (QED) is 0.141. The largest absolute Gasteiger partial charge is 0.254 e. The van der Waals surface area contributed by atoms with Crippen LogP contribution in [0.25, 0.3) is 156 Å². The Labute approximate surface area is 680 Å². The third-order valence-corrected chi connectivity index (χ3v) is 21.8. The minimum absolute atomic E-state index is 0.977. The van der Waals surface area contributed by atoms with Gasteiger partial charge < -0.3 is 0 Å². The van der Waals surface area contributed by atoms with Gasteiger partial charge in [-0.3, -0.25) is 9.97 Å². The van der Waals surface area contributed by atoms with Crippen molar-refractivity contribution in [3.63, 3.8) is 0 Å². The second-order valence-electron chi connectivity index (χ2n) is 29.2. The Morgan fingerprint density at radius 2 is 0.500 bits per heavy atom. The molecule has 18 aromatic rings. The zero-order chi connectivity index (χ0) is 77.9. The highest BCUT2D eigenvalue weighted by Crippen LogP contribution is 2.47. The number of aromatic nitrogens is 2. The maximum atomic E-state index is 4.35. The van der Waals surface area contributed by atoms with Crippen molar-refractivity contribution in [3.05, 3.63) is 493 Å². The summed E-state index contributed by atoms with van der Waals surface area (Å²) in [5.41, 5.74) is 24.3. The van der Waals surface area contributed by atoms with Crippen LogP contribution in [-0.2, 0) is 25.7 Å². The lowest BCUT2D eigenvalue weighted by molar-refractivity contribution is 1.29. The summed E-state index contributed by atoms with van der Waals surface area (Å²) in [5, 5.41) is 18.5. The fraction of sp³-hybridized carbons (Fsp3) is 0.0351. The van der Waals surface area contributed by atoms with Gasteiger partial charge in [0.05, 0.1) is 11.0 Å². The summed E-state index contributed by atoms with van der Waals surface area (Å²) in [5.74, 6) is 0. The molecule has 8 aliphatic rings. The maximum absolute atomic E-state index is 4.35. The van der Waals surface area contributed by atoms with E-state index in [0.29, 0.717) is 0 Å². The minimum atomic E-state index is 0.977. The van der Waals surface area contributed by atoms with Crippen molar-refractivity contribution in [2.45, 2.75) is 25.7 Å². The highest BCUT2D eigenvalue weighted by Gasteiger charge is 2.20. The Hall–Kier alpha value is -14.7. The van der Waals surface area contributed by atoms with Gasteiger partial charge in [0.15, 0.2) is 0 Å². The summed E-state index contributed by atoms with van der Waals surface area (Å²) in [6, 6.07) is 140. The number of benzene rings is 16. The summed E-state index contributed by atoms with van der Waals surface area (Å²) in [6.45, 7) is 0. The molecular weight excluding hydrogens is 1400 g/mol. The average molecular weight is 1480 g/mol. The highest BCUT2D eigenvalue weighted by molar-refractivity contribution is 6.15. The van der Waals surface area contributed by atoms with E-state index in [1.807, 2.05) is 48.5 Å². The number of rotatable bonds is 0. The monoisotopic (exact) mass is 1480 g/mol. The van der Waals surface area contributed by atoms with Crippen molar-refractivity contribution in [2.24, 2.45) is 0 Å². The standard InChI is InChI=1S/C16H10.C14H10.2C13H10.C12H8N2.C12H8.C10H8.2C9H8.C6H6/c1-2-8-13-12(7-1)14-9-3-5-11-6-4-10-15(13)16(11)14;1-3-7-13-11(5-1)9-10-12-6-2-4-8-14(12)13;1-4-10-6-2-8-12-9-3-7-11(5-1)13(10)12;1-2-5-11-8-9-12-7-3-6-10(4-1)13(11)12;1-3-9-5-6-10-4-2-8-14-12(10)11(9)13-7-1;1-3-9-4-2-6-11-8-7-10(5-1)12(9)11;1-2-6-10-8-4-3-7-9(10)5-1;2*1-2-5-9-7-3-6-8(9)4-1;1-2-4-6-5-3-1/h1-10H;1-10H;1-8H,9H2;1-6,8-9H,7H2;1-8H;1-8H;1-8H;2*1-6H,7H2;1-6H. The SMILES string of the molecule is C1=Cc2cccc3cccc(c23)C1.C1=Cc2cccc3cccc1c23.C1=Cc2ccccc2C1.C1=Cc2ccccc2C1.C1=Cc2ccccc3ccc(c2-3)C1.c1ccc2c(c1)-c1cccc3cccc-2c13.c1ccc2c(c1)ccc1ccccc12.c1ccc2ccccc2c1.c1ccccc1.c1cnc2c(c1)ccc1cccnc12. The highest BCUT2D eigenvalue weighted by atomic mass is 14.7. The first-order chi connectivity index (χ1) is 57.6. The number of allylic oxidation sites excluding steroid dienone is 4. The molecule has 0 spiro atoms. The Morgan fingerprint density at radius 1 is 0.172 bits per heavy atom. The fourth-order valence-electron chi connectivity index (χ4n) is 16.3. The molecule has 2 heterocycles. The molecule has 0 atom stereocenters. The molecule has 0 saturated carbocycles. The van der Waals surface area contributed by atoms with Gasteiger partial charge in [-0.15, -0.1) is 0 Å². The third kappa shape index (κ3) is 17.0. The number of hydrogen-bond acceptors (Lipinski definition) is 2. The van der Waals surface area contributed by atoms with E-state index >= 15 is 0 Å². The van der Waals surface area contributed by atoms with Crippen molar-refractivity contribution in [1.82, 2.24) is 9.97 Å². The van der Waals surface area contributed by atoms with Crippen LogP contribution in [0.2, 0.25) is 0 Å². The molecule has 0 unspecified atom stereocenters. The number of hydrogen-bond donors (Lipinski definition) is 0. The molecule has 552 valence electrons. The molecule has 2 nitrogen and oxygen atoms in total. The second kappa shape index (κ2) is 36.2. The molecule has 0 amide bonds. The normalized spacial score (nSPS) is 12.0. The van der Waals surface area contributed by atoms with Gasteiger partial charge in [0.25, 0.3) is 0 Å². The molecule has 0 N–H and O–H groups in total. The molecule has 2 heteroatoms. The van der Waals surface area contributed by atoms with Gasteiger partial charge in [0.1, 0.15) is 0 Å². The van der Waals surface area contributed by atoms with Crippen LogP contribution in [-0.4, -0.2) is 9.97 Å². The lowest BCUT2D eigenvalue weighted by Gasteiger charge is -2.11. The van der Waals surface area contributed by atoms with Crippen LogP contribution in [0.3, 0.4) is 0 Å². The lowest BCUT2D eigenvalue weighted by Crippen LogP contribution is -1.91. The first kappa shape index (κ1) is 74.1. The van der Waals surface area contributed by atoms with Gasteiger partial charge in [-0.2, -0.15) is 0 Å². The third-order valence-electron chi connectivity index (χ3n) is 21.8. The predicted molar refractivity (Wildman–Crippen MR) is 501 cm³/mol. The van der Waals surface area contributed by atoms with Gasteiger partial charge in [0, 0.05) is 23.2 Å². The van der Waals surface area contributed by atoms with Crippen molar-refractivity contribution >= 4 is 123 Å². The average Bonchev–Trinajstić information content (AvgIpc) is 1.65. The Bertz CT molecular complexity index is 6500. The Balaban J connectivity index is 0.0000000935. The topological polar surface area (TPSA) is 25.8 Å². The van der Waals surface area contributed by atoms with Crippen LogP contribution in [0.1, 0.15) is 55.6 Å². The maximum Gasteiger partial charge on any atom is 0.0964 e. The van der Waals surface area contributed by atoms with Crippen LogP contribution in [0.5, 0.6) is 0 Å². The summed E-state index contributed by atoms with van der Waals surface area (Å²) in [6.07, 6.45) is 30.0. The van der Waals surface area contributed by atoms with Gasteiger partial charge in [-0.05, 0) is 191 Å². The van der Waals surface area contributed by atoms with E-state index in [1.54, 1.807) is 12.4 Å². The van der Waals surface area contributed by atoms with Crippen molar-refractivity contribution in [1.29, 1.82) is 0 Å². The molecule has 0 aliphatic heterocycles. The van der Waals surface area contributed by atoms with Crippen LogP contribution >= 0.6 is 0 Å². The molecule has 0 bridgehead atoms. The zero-order valence-corrected chi connectivity index (χ0v) is 64.8. The summed E-state index contributed by atoms with van der Waals surface area (Å²) in [4.78, 5) is 8.69. The van der Waals surface area contributed by atoms with Crippen LogP contribution in [0, 0.1) is 0 Å². The molecule has 2 aromatic heterocycles. The van der Waals surface area contributed by atoms with Crippen molar-refractivity contribution in [2.75, 3.05) is 0 Å². The van der Waals surface area contributed by atoms with E-state index in [9.17, 15) is 0 Å². The van der Waals surface area contributed by atoms with Gasteiger partial charge in [0.2, 0.25) is 0 Å². The summed E-state index contributed by atoms with van der Waals surface area (Å²) in [7, 11) is 0. The number of nitrogens with zero attached hydrogens (tertiary/aromatic N) is 2. The molecule has 8 aliphatic carbocycles. The fourth-order valence-corrected chi connectivity index (χ4v) is 16.3. The van der Waals surface area contributed by atoms with E-state index in [0.717, 1.165) is 47.5 Å². The molecule has 0 radical (unpaired) electrons. The lowest BCUT2D eigenvalue weighted by atomic mass is 9.93. The van der Waals surface area contributed by atoms with Crippen molar-refractivity contribution in [3.8, 4) is 33.4 Å². The Morgan fingerprint density at radius 3 is 1.01 bits per heavy atom. The predicted octanol–water partition coefficient (Wildman–Crippen LogP) is 30.4. The summed E-state index contributed by atoms with van der Waals surface area (Å²) < 4.78 is 0. The van der Waals surface area contributed by atoms with E-state index in [1.165, 1.54) is 154 Å². The van der Waals surface area contributed by atoms with Gasteiger partial charge >= 0.3 is 0 Å². The molecule has 116 heavy (non-hydrogen) atoms. The van der Waals surface area contributed by atoms with Crippen LogP contribution in [0.4, 0.5) is 0 Å². The van der Waals surface area contributed by atoms with E-state index in [2.05, 4.69) is 423 Å². The van der Waals surface area contributed by atoms with Crippen LogP contribution < -0.4 is 0 Å². The first-order valence-electron chi connectivity index (χ1n) is 40.1. The molecule has 26 rings (SSSR count). The Kier molecular flexibility index (Phi) is 23.1. The summed E-state index contributed by atoms with van der Waals surface area (Å²) >= 11 is 0. The van der Waals surface area contributed by atoms with E-state index in [4.69, 9.17) is 0 Å². The van der Waals surface area contributed by atoms with E-state index in [-0.39, 0.29) is 0 Å². The number of pyridine rings is 2. The smallest absolute Gasteiger partial charge is 0.0964 e. The van der Waals surface area contributed by atoms with E-state index < -0.39 is 0 Å². The molecule has 0 fully saturated rings. The van der Waals surface area contributed by atoms with Gasteiger partial charge in [-0.1, -0.05) is 449 Å². The minimum Gasteiger partial charge on any atom is -0.254 e. The van der Waals surface area contributed by atoms with Crippen LogP contribution in [0.15, 0.2) is 437 Å². The number of fused-ring (bicyclic) bond motifs is 12. The molecule has 0 saturated heterocycles. The second-order valence-corrected chi connectivity index (χ2v) is 29.2. The molecule has 16 aromatic carbocycles. The van der Waals surface area contributed by atoms with Gasteiger partial charge in [-0.25, -0.2) is 0 Å². The van der Waals surface area contributed by atoms with Crippen molar-refractivity contribution < 1.29 is 0 Å².